The number of halogens is 9. The molecule has 0 saturated carbocycles. The summed E-state index contributed by atoms with van der Waals surface area (Å²) in [6, 6.07) is 7.44. The number of benzene rings is 2. The van der Waals surface area contributed by atoms with Crippen LogP contribution in [-0.4, -0.2) is 76.8 Å². The number of ether oxygens (including phenoxy) is 2. The van der Waals surface area contributed by atoms with Crippen molar-refractivity contribution in [2.24, 2.45) is 0 Å². The lowest BCUT2D eigenvalue weighted by molar-refractivity contribution is -0.275. The van der Waals surface area contributed by atoms with E-state index in [0.717, 1.165) is 49.6 Å². The topological polar surface area (TPSA) is 168 Å². The molecule has 54 heavy (non-hydrogen) atoms. The van der Waals surface area contributed by atoms with Crippen LogP contribution in [0.2, 0.25) is 5.15 Å². The lowest BCUT2D eigenvalue weighted by atomic mass is 10.3. The summed E-state index contributed by atoms with van der Waals surface area (Å²) in [4.78, 5) is 40.2. The van der Waals surface area contributed by atoms with E-state index < -0.39 is 53.1 Å². The van der Waals surface area contributed by atoms with E-state index in [1.807, 2.05) is 19.0 Å². The molecule has 5 N–H and O–H groups in total. The van der Waals surface area contributed by atoms with E-state index in [-0.39, 0.29) is 43.9 Å². The second-order valence-corrected chi connectivity index (χ2v) is 10.5. The van der Waals surface area contributed by atoms with Crippen LogP contribution in [0.4, 0.5) is 73.8 Å². The Morgan fingerprint density at radius 3 is 1.54 bits per heavy atom. The number of hydrogen-bond donors (Lipinski definition) is 5. The summed E-state index contributed by atoms with van der Waals surface area (Å²) in [5.74, 6) is -2.81. The average Bonchev–Trinajstić information content (AvgIpc) is 3.03. The van der Waals surface area contributed by atoms with Gasteiger partial charge in [0.2, 0.25) is 11.9 Å². The second kappa shape index (κ2) is 21.1. The predicted octanol–water partition coefficient (Wildman–Crippen LogP) is 8.61. The first-order valence-electron chi connectivity index (χ1n) is 14.3. The van der Waals surface area contributed by atoms with Gasteiger partial charge in [0, 0.05) is 17.9 Å². The van der Waals surface area contributed by atoms with Crippen LogP contribution in [0.1, 0.15) is 21.3 Å². The first kappa shape index (κ1) is 46.3. The maximum absolute atomic E-state index is 13.8. The van der Waals surface area contributed by atoms with Crippen molar-refractivity contribution < 1.29 is 54.2 Å². The minimum Gasteiger partial charge on any atom is -0.406 e. The van der Waals surface area contributed by atoms with Crippen LogP contribution < -0.4 is 36.1 Å². The number of alkyl halides is 6. The van der Waals surface area contributed by atoms with Crippen molar-refractivity contribution in [3.05, 3.63) is 77.7 Å². The molecule has 0 unspecified atom stereocenters. The zero-order valence-corrected chi connectivity index (χ0v) is 27.4. The van der Waals surface area contributed by atoms with Gasteiger partial charge in [-0.2, -0.15) is 9.97 Å². The molecule has 0 atom stereocenters. The Hall–Kier alpha value is -5.77. The lowest BCUT2D eigenvalue weighted by Crippen LogP contribution is -2.22. The molecular formula is C31H35ClF8N10O4. The number of rotatable bonds is 11. The fourth-order valence-electron chi connectivity index (χ4n) is 3.57. The molecule has 4 rings (SSSR count). The predicted molar refractivity (Wildman–Crippen MR) is 186 cm³/mol. The molecule has 4 aromatic rings. The Labute approximate surface area is 308 Å². The molecule has 0 saturated heterocycles. The van der Waals surface area contributed by atoms with Crippen molar-refractivity contribution >= 4 is 52.8 Å². The summed E-state index contributed by atoms with van der Waals surface area (Å²) in [7, 11) is 3.84. The third kappa shape index (κ3) is 17.6. The molecule has 0 aliphatic heterocycles. The number of urea groups is 2. The summed E-state index contributed by atoms with van der Waals surface area (Å²) < 4.78 is 106. The van der Waals surface area contributed by atoms with Crippen LogP contribution in [0.3, 0.4) is 0 Å². The zero-order valence-electron chi connectivity index (χ0n) is 26.7. The van der Waals surface area contributed by atoms with Gasteiger partial charge in [0.1, 0.15) is 11.5 Å². The number of anilines is 5. The van der Waals surface area contributed by atoms with Crippen molar-refractivity contribution in [2.45, 2.75) is 34.0 Å². The Balaban J connectivity index is 0.000000533. The van der Waals surface area contributed by atoms with Crippen LogP contribution in [0, 0.1) is 11.6 Å². The number of carbonyl (C=O) groups excluding carboxylic acids is 2. The van der Waals surface area contributed by atoms with Gasteiger partial charge in [0.15, 0.2) is 22.6 Å². The smallest absolute Gasteiger partial charge is 0.406 e. The standard InChI is InChI=1S/C17H20F4N6O2.C12H7ClF4N4O2.2CH4/c1-27(2)9-3-8-22-14-13(18)10-23-15(25-14)26-16(28)24-11-4-6-12(7-5-11)29-17(19,20)21;13-9-8(14)5-18-10(20-9)21-11(22)19-6-1-3-7(4-2-6)23-12(15,16)17;;/h4-7,10H,3,8-9H2,1-2H3,(H3,22,23,24,25,26,28);1-5H,(H2,18,19,20,21,22);2*1H4. The van der Waals surface area contributed by atoms with Gasteiger partial charge in [-0.15, -0.1) is 26.3 Å². The first-order valence-corrected chi connectivity index (χ1v) is 14.7. The van der Waals surface area contributed by atoms with Crippen LogP contribution >= 0.6 is 11.6 Å². The van der Waals surface area contributed by atoms with E-state index in [1.165, 1.54) is 24.3 Å². The Bertz CT molecular complexity index is 1790. The van der Waals surface area contributed by atoms with Gasteiger partial charge in [0.05, 0.1) is 12.4 Å². The minimum absolute atomic E-state index is 0. The average molecular weight is 799 g/mol. The number of nitrogens with zero attached hydrogens (tertiary/aromatic N) is 5. The molecule has 2 aromatic heterocycles. The van der Waals surface area contributed by atoms with Crippen LogP contribution in [-0.2, 0) is 0 Å². The zero-order chi connectivity index (χ0) is 38.5. The highest BCUT2D eigenvalue weighted by Gasteiger charge is 2.31. The van der Waals surface area contributed by atoms with Gasteiger partial charge in [-0.1, -0.05) is 26.5 Å². The quantitative estimate of drug-likeness (QED) is 0.0563. The van der Waals surface area contributed by atoms with Crippen molar-refractivity contribution in [1.82, 2.24) is 24.8 Å². The van der Waals surface area contributed by atoms with Gasteiger partial charge in [0.25, 0.3) is 0 Å². The van der Waals surface area contributed by atoms with Crippen LogP contribution in [0.15, 0.2) is 60.9 Å². The largest absolute Gasteiger partial charge is 0.573 e. The first-order chi connectivity index (χ1) is 24.3. The summed E-state index contributed by atoms with van der Waals surface area (Å²) in [6.45, 7) is 1.28. The lowest BCUT2D eigenvalue weighted by Gasteiger charge is -2.12. The molecule has 0 spiro atoms. The number of nitrogens with one attached hydrogen (secondary N) is 5. The Kier molecular flexibility index (Phi) is 18.0. The van der Waals surface area contributed by atoms with E-state index in [4.69, 9.17) is 11.6 Å². The van der Waals surface area contributed by atoms with E-state index >= 15 is 0 Å². The molecule has 296 valence electrons. The Morgan fingerprint density at radius 1 is 0.704 bits per heavy atom. The fraction of sp³-hybridized carbons (Fsp3) is 0.290. The van der Waals surface area contributed by atoms with Crippen molar-refractivity contribution in [3.63, 3.8) is 0 Å². The van der Waals surface area contributed by atoms with Gasteiger partial charge in [-0.05, 0) is 75.6 Å². The van der Waals surface area contributed by atoms with Gasteiger partial charge < -0.3 is 30.3 Å². The molecule has 14 nitrogen and oxygen atoms in total. The highest BCUT2D eigenvalue weighted by Crippen LogP contribution is 2.25. The molecule has 2 aromatic carbocycles. The third-order valence-electron chi connectivity index (χ3n) is 5.66. The van der Waals surface area contributed by atoms with Gasteiger partial charge in [-0.3, -0.25) is 10.6 Å². The SMILES string of the molecule is C.C.CN(C)CCCNc1nc(NC(=O)Nc2ccc(OC(F)(F)F)cc2)ncc1F.O=C(Nc1ccc(OC(F)(F)F)cc1)Nc1ncc(F)c(Cl)n1. The number of hydrogen-bond acceptors (Lipinski definition) is 10. The van der Waals surface area contributed by atoms with E-state index in [0.29, 0.717) is 6.54 Å². The Morgan fingerprint density at radius 2 is 1.13 bits per heavy atom. The monoisotopic (exact) mass is 798 g/mol. The van der Waals surface area contributed by atoms with Crippen molar-refractivity contribution in [1.29, 1.82) is 0 Å². The summed E-state index contributed by atoms with van der Waals surface area (Å²) in [5, 5.41) is 11.6. The number of amides is 4. The summed E-state index contributed by atoms with van der Waals surface area (Å²) in [5.41, 5.74) is 0.395. The highest BCUT2D eigenvalue weighted by molar-refractivity contribution is 6.29. The number of carbonyl (C=O) groups is 2. The molecule has 4 amide bonds. The minimum atomic E-state index is -4.80. The maximum atomic E-state index is 13.8. The molecule has 0 aliphatic carbocycles. The van der Waals surface area contributed by atoms with Crippen molar-refractivity contribution in [2.75, 3.05) is 53.8 Å². The van der Waals surface area contributed by atoms with Crippen LogP contribution in [0.5, 0.6) is 11.5 Å². The summed E-state index contributed by atoms with van der Waals surface area (Å²) in [6.07, 6.45) is -7.15. The fourth-order valence-corrected chi connectivity index (χ4v) is 3.70. The van der Waals surface area contributed by atoms with Crippen LogP contribution in [0.25, 0.3) is 0 Å². The van der Waals surface area contributed by atoms with E-state index in [2.05, 4.69) is 56.0 Å². The summed E-state index contributed by atoms with van der Waals surface area (Å²) >= 11 is 5.42. The molecule has 0 aliphatic rings. The molecule has 23 heteroatoms. The van der Waals surface area contributed by atoms with Crippen molar-refractivity contribution in [3.8, 4) is 11.5 Å². The molecule has 0 radical (unpaired) electrons. The number of aromatic nitrogens is 4. The highest BCUT2D eigenvalue weighted by atomic mass is 35.5. The third-order valence-corrected chi connectivity index (χ3v) is 5.93. The molecule has 2 heterocycles. The maximum Gasteiger partial charge on any atom is 0.573 e. The van der Waals surface area contributed by atoms with Gasteiger partial charge in [-0.25, -0.2) is 28.3 Å². The van der Waals surface area contributed by atoms with Gasteiger partial charge >= 0.3 is 24.8 Å². The van der Waals surface area contributed by atoms with E-state index in [1.54, 1.807) is 0 Å². The molecule has 0 fully saturated rings. The second-order valence-electron chi connectivity index (χ2n) is 10.1. The van der Waals surface area contributed by atoms with E-state index in [9.17, 15) is 44.7 Å². The molecular weight excluding hydrogens is 764 g/mol. The normalized spacial score (nSPS) is 10.7. The molecule has 0 bridgehead atoms.